The largest absolute Gasteiger partial charge is 0.321 e. The molecule has 1 heterocycles. The minimum absolute atomic E-state index is 0.320. The Morgan fingerprint density at radius 3 is 2.37 bits per heavy atom. The van der Waals surface area contributed by atoms with Crippen LogP contribution in [0, 0.1) is 0 Å². The third kappa shape index (κ3) is 4.11. The van der Waals surface area contributed by atoms with Crippen molar-refractivity contribution in [3.63, 3.8) is 0 Å². The highest BCUT2D eigenvalue weighted by molar-refractivity contribution is 9.10. The molecule has 0 radical (unpaired) electrons. The lowest BCUT2D eigenvalue weighted by Gasteiger charge is -2.21. The maximum atomic E-state index is 13.1. The number of anilines is 2. The third-order valence-corrected chi connectivity index (χ3v) is 5.29. The molecule has 4 rings (SSSR count). The van der Waals surface area contributed by atoms with Crippen LogP contribution in [0.5, 0.6) is 0 Å². The Hall–Kier alpha value is -3.45. The highest BCUT2D eigenvalue weighted by atomic mass is 79.9. The SMILES string of the molecule is CN1C(=O)[C@H](NC(=O)Nc2ccc(Br)cc2)N=C(c2ccccc2)c2ccccc21. The number of para-hydroxylation sites is 1. The van der Waals surface area contributed by atoms with Crippen LogP contribution in [0.25, 0.3) is 0 Å². The average molecular weight is 463 g/mol. The predicted octanol–water partition coefficient (Wildman–Crippen LogP) is 4.41. The molecular weight excluding hydrogens is 444 g/mol. The topological polar surface area (TPSA) is 73.8 Å². The Morgan fingerprint density at radius 2 is 1.63 bits per heavy atom. The number of benzene rings is 3. The quantitative estimate of drug-likeness (QED) is 0.604. The van der Waals surface area contributed by atoms with Gasteiger partial charge in [-0.15, -0.1) is 0 Å². The van der Waals surface area contributed by atoms with Crippen LogP contribution in [-0.2, 0) is 4.79 Å². The number of carbonyl (C=O) groups is 2. The van der Waals surface area contributed by atoms with E-state index in [2.05, 4.69) is 31.6 Å². The molecule has 3 amide bonds. The molecule has 1 atom stereocenters. The summed E-state index contributed by atoms with van der Waals surface area (Å²) in [6, 6.07) is 23.9. The zero-order valence-corrected chi connectivity index (χ0v) is 17.8. The summed E-state index contributed by atoms with van der Waals surface area (Å²) in [6.45, 7) is 0. The Bertz CT molecular complexity index is 1110. The van der Waals surface area contributed by atoms with Crippen molar-refractivity contribution >= 4 is 45.0 Å². The van der Waals surface area contributed by atoms with E-state index in [1.54, 1.807) is 19.2 Å². The molecule has 2 N–H and O–H groups in total. The average Bonchev–Trinajstić information content (AvgIpc) is 2.87. The first-order chi connectivity index (χ1) is 14.5. The van der Waals surface area contributed by atoms with Gasteiger partial charge in [0.1, 0.15) is 0 Å². The van der Waals surface area contributed by atoms with Crippen LogP contribution in [0.1, 0.15) is 11.1 Å². The molecular formula is C23H19BrN4O2. The number of fused-ring (bicyclic) bond motifs is 1. The molecule has 150 valence electrons. The van der Waals surface area contributed by atoms with Crippen LogP contribution >= 0.6 is 15.9 Å². The summed E-state index contributed by atoms with van der Waals surface area (Å²) in [5.74, 6) is -0.320. The highest BCUT2D eigenvalue weighted by Crippen LogP contribution is 2.27. The van der Waals surface area contributed by atoms with E-state index >= 15 is 0 Å². The van der Waals surface area contributed by atoms with E-state index in [9.17, 15) is 9.59 Å². The Morgan fingerprint density at radius 1 is 0.967 bits per heavy atom. The second-order valence-corrected chi connectivity index (χ2v) is 7.68. The fraction of sp³-hybridized carbons (Fsp3) is 0.0870. The van der Waals surface area contributed by atoms with Gasteiger partial charge in [-0.05, 0) is 30.3 Å². The summed E-state index contributed by atoms with van der Waals surface area (Å²) in [6.07, 6.45) is -1.06. The van der Waals surface area contributed by atoms with Crippen molar-refractivity contribution in [2.45, 2.75) is 6.17 Å². The van der Waals surface area contributed by atoms with E-state index in [4.69, 9.17) is 0 Å². The first-order valence-electron chi connectivity index (χ1n) is 9.36. The molecule has 0 unspecified atom stereocenters. The predicted molar refractivity (Wildman–Crippen MR) is 122 cm³/mol. The summed E-state index contributed by atoms with van der Waals surface area (Å²) < 4.78 is 0.906. The zero-order valence-electron chi connectivity index (χ0n) is 16.2. The fourth-order valence-corrected chi connectivity index (χ4v) is 3.53. The molecule has 0 saturated heterocycles. The second-order valence-electron chi connectivity index (χ2n) is 6.77. The number of urea groups is 1. The van der Waals surface area contributed by atoms with Gasteiger partial charge in [-0.25, -0.2) is 9.79 Å². The van der Waals surface area contributed by atoms with E-state index in [-0.39, 0.29) is 5.91 Å². The molecule has 0 aliphatic carbocycles. The molecule has 30 heavy (non-hydrogen) atoms. The third-order valence-electron chi connectivity index (χ3n) is 4.76. The van der Waals surface area contributed by atoms with Crippen LogP contribution in [-0.4, -0.2) is 30.9 Å². The fourth-order valence-electron chi connectivity index (χ4n) is 3.27. The van der Waals surface area contributed by atoms with Crippen LogP contribution < -0.4 is 15.5 Å². The summed E-state index contributed by atoms with van der Waals surface area (Å²) in [5.41, 5.74) is 3.70. The number of hydrogen-bond donors (Lipinski definition) is 2. The number of halogens is 1. The van der Waals surface area contributed by atoms with Gasteiger partial charge in [0.25, 0.3) is 5.91 Å². The van der Waals surface area contributed by atoms with Crippen molar-refractivity contribution in [1.82, 2.24) is 5.32 Å². The van der Waals surface area contributed by atoms with E-state index in [1.165, 1.54) is 4.90 Å². The smallest absolute Gasteiger partial charge is 0.311 e. The van der Waals surface area contributed by atoms with Gasteiger partial charge in [-0.3, -0.25) is 4.79 Å². The number of carbonyl (C=O) groups excluding carboxylic acids is 2. The summed E-state index contributed by atoms with van der Waals surface area (Å²) in [5, 5.41) is 5.43. The van der Waals surface area contributed by atoms with Crippen LogP contribution in [0.3, 0.4) is 0 Å². The van der Waals surface area contributed by atoms with Gasteiger partial charge in [0, 0.05) is 28.3 Å². The molecule has 1 aliphatic heterocycles. The van der Waals surface area contributed by atoms with Crippen molar-refractivity contribution in [2.75, 3.05) is 17.3 Å². The van der Waals surface area contributed by atoms with Gasteiger partial charge in [0.2, 0.25) is 6.17 Å². The summed E-state index contributed by atoms with van der Waals surface area (Å²) >= 11 is 3.36. The molecule has 1 aliphatic rings. The number of rotatable bonds is 3. The van der Waals surface area contributed by atoms with Crippen molar-refractivity contribution < 1.29 is 9.59 Å². The molecule has 6 nitrogen and oxygen atoms in total. The molecule has 0 spiro atoms. The molecule has 7 heteroatoms. The van der Waals surface area contributed by atoms with Gasteiger partial charge < -0.3 is 15.5 Å². The number of likely N-dealkylation sites (N-methyl/N-ethyl adjacent to an activating group) is 1. The number of hydrogen-bond acceptors (Lipinski definition) is 3. The van der Waals surface area contributed by atoms with Crippen LogP contribution in [0.4, 0.5) is 16.2 Å². The van der Waals surface area contributed by atoms with Crippen LogP contribution in [0.15, 0.2) is 88.3 Å². The monoisotopic (exact) mass is 462 g/mol. The maximum absolute atomic E-state index is 13.1. The minimum Gasteiger partial charge on any atom is -0.311 e. The molecule has 3 aromatic carbocycles. The van der Waals surface area contributed by atoms with E-state index in [0.717, 1.165) is 21.3 Å². The van der Waals surface area contributed by atoms with Crippen molar-refractivity contribution in [2.24, 2.45) is 4.99 Å². The molecule has 3 aromatic rings. The lowest BCUT2D eigenvalue weighted by Crippen LogP contribution is -2.47. The van der Waals surface area contributed by atoms with Gasteiger partial charge >= 0.3 is 6.03 Å². The van der Waals surface area contributed by atoms with Crippen molar-refractivity contribution in [3.8, 4) is 0 Å². The molecule has 0 aromatic heterocycles. The van der Waals surface area contributed by atoms with Crippen molar-refractivity contribution in [3.05, 3.63) is 94.5 Å². The number of aliphatic imine (C=N–C) groups is 1. The number of nitrogens with one attached hydrogen (secondary N) is 2. The van der Waals surface area contributed by atoms with E-state index in [1.807, 2.05) is 66.7 Å². The van der Waals surface area contributed by atoms with Crippen molar-refractivity contribution in [1.29, 1.82) is 0 Å². The van der Waals surface area contributed by atoms with Gasteiger partial charge in [-0.2, -0.15) is 0 Å². The Balaban J connectivity index is 1.68. The van der Waals surface area contributed by atoms with Gasteiger partial charge in [0.05, 0.1) is 11.4 Å². The van der Waals surface area contributed by atoms with Gasteiger partial charge in [-0.1, -0.05) is 64.5 Å². The normalized spacial score (nSPS) is 15.7. The first-order valence-corrected chi connectivity index (χ1v) is 10.2. The molecule has 0 bridgehead atoms. The van der Waals surface area contributed by atoms with E-state index in [0.29, 0.717) is 11.4 Å². The van der Waals surface area contributed by atoms with Gasteiger partial charge in [0.15, 0.2) is 0 Å². The molecule has 0 fully saturated rings. The van der Waals surface area contributed by atoms with E-state index < -0.39 is 12.2 Å². The summed E-state index contributed by atoms with van der Waals surface area (Å²) in [4.78, 5) is 31.8. The number of benzodiazepines with no additional fused rings is 1. The Labute approximate surface area is 182 Å². The number of amides is 3. The van der Waals surface area contributed by atoms with Crippen LogP contribution in [0.2, 0.25) is 0 Å². The minimum atomic E-state index is -1.06. The lowest BCUT2D eigenvalue weighted by atomic mass is 10.0. The zero-order chi connectivity index (χ0) is 21.1. The number of nitrogens with zero attached hydrogens (tertiary/aromatic N) is 2. The highest BCUT2D eigenvalue weighted by Gasteiger charge is 2.30. The summed E-state index contributed by atoms with van der Waals surface area (Å²) in [7, 11) is 1.69. The second kappa shape index (κ2) is 8.51. The molecule has 0 saturated carbocycles. The maximum Gasteiger partial charge on any atom is 0.321 e. The Kier molecular flexibility index (Phi) is 5.63. The standard InChI is InChI=1S/C23H19BrN4O2/c1-28-19-10-6-5-9-18(19)20(15-7-3-2-4-8-15)26-21(22(28)29)27-23(30)25-17-13-11-16(24)12-14-17/h2-14,21H,1H3,(H2,25,27,30)/t21-/m0/s1. The lowest BCUT2D eigenvalue weighted by molar-refractivity contribution is -0.119. The first kappa shape index (κ1) is 19.8.